The number of nitrogens with zero attached hydrogens (tertiary/aromatic N) is 3. The predicted octanol–water partition coefficient (Wildman–Crippen LogP) is 1.57. The minimum Gasteiger partial charge on any atom is -0.370 e. The van der Waals surface area contributed by atoms with Crippen LogP contribution in [0.15, 0.2) is 59.6 Å². The highest BCUT2D eigenvalue weighted by Crippen LogP contribution is 2.22. The van der Waals surface area contributed by atoms with Gasteiger partial charge in [-0.25, -0.2) is 4.90 Å². The lowest BCUT2D eigenvalue weighted by Crippen LogP contribution is -2.47. The topological polar surface area (TPSA) is 171 Å². The van der Waals surface area contributed by atoms with Gasteiger partial charge in [-0.3, -0.25) is 24.7 Å². The molecule has 0 heterocycles. The van der Waals surface area contributed by atoms with Crippen LogP contribution in [-0.2, 0) is 4.79 Å². The van der Waals surface area contributed by atoms with Gasteiger partial charge in [0.2, 0.25) is 0 Å². The molecule has 1 unspecified atom stereocenters. The van der Waals surface area contributed by atoms with Crippen LogP contribution in [0.1, 0.15) is 23.2 Å². The highest BCUT2D eigenvalue weighted by molar-refractivity contribution is 6.22. The quantitative estimate of drug-likeness (QED) is 0.186. The fourth-order valence-electron chi connectivity index (χ4n) is 2.59. The molecule has 0 bridgehead atoms. The summed E-state index contributed by atoms with van der Waals surface area (Å²) in [7, 11) is 0. The lowest BCUT2D eigenvalue weighted by molar-refractivity contribution is -0.384. The van der Waals surface area contributed by atoms with E-state index in [1.807, 2.05) is 0 Å². The molecule has 11 heteroatoms. The Morgan fingerprint density at radius 2 is 1.67 bits per heavy atom. The smallest absolute Gasteiger partial charge is 0.269 e. The molecule has 30 heavy (non-hydrogen) atoms. The summed E-state index contributed by atoms with van der Waals surface area (Å²) in [6.45, 7) is 0.299. The fraction of sp³-hybridized carbons (Fsp3) is 0.211. The number of hydrogen-bond donors (Lipinski definition) is 3. The first-order valence-corrected chi connectivity index (χ1v) is 8.80. The lowest BCUT2D eigenvalue weighted by Gasteiger charge is -2.24. The maximum atomic E-state index is 13.0. The zero-order chi connectivity index (χ0) is 21.4. The standard InChI is InChI=1S/C19H22N6O4.ClH/c20-16(7-4-12-23-19(21)22)18(27)24(17(26)13-5-2-1-3-6-13)14-8-10-15(11-9-14)25(28)29;/h1-3,5-6,8-11,16H,4,7,12,20H2,(H4,21,22,23);1H. The molecule has 0 saturated heterocycles. The molecule has 2 rings (SSSR count). The molecule has 0 saturated carbocycles. The van der Waals surface area contributed by atoms with Crippen LogP contribution in [0.3, 0.4) is 0 Å². The minimum atomic E-state index is -0.980. The molecule has 2 aromatic carbocycles. The van der Waals surface area contributed by atoms with Crippen molar-refractivity contribution in [3.8, 4) is 0 Å². The van der Waals surface area contributed by atoms with Crippen molar-refractivity contribution in [1.29, 1.82) is 0 Å². The number of non-ortho nitro benzene ring substituents is 1. The third-order valence-corrected chi connectivity index (χ3v) is 4.05. The SMILES string of the molecule is Cl.NC(N)=NCCCC(N)C(=O)N(C(=O)c1ccccc1)c1ccc([N+](=O)[O-])cc1. The van der Waals surface area contributed by atoms with Gasteiger partial charge < -0.3 is 17.2 Å². The number of imide groups is 1. The van der Waals surface area contributed by atoms with Crippen molar-refractivity contribution in [3.63, 3.8) is 0 Å². The number of nitro benzene ring substituents is 1. The van der Waals surface area contributed by atoms with Crippen LogP contribution in [0.25, 0.3) is 0 Å². The van der Waals surface area contributed by atoms with Gasteiger partial charge in [-0.15, -0.1) is 12.4 Å². The van der Waals surface area contributed by atoms with Crippen molar-refractivity contribution in [3.05, 3.63) is 70.3 Å². The Morgan fingerprint density at radius 1 is 1.07 bits per heavy atom. The number of amides is 2. The van der Waals surface area contributed by atoms with Crippen molar-refractivity contribution >= 4 is 41.6 Å². The van der Waals surface area contributed by atoms with Crippen LogP contribution < -0.4 is 22.1 Å². The van der Waals surface area contributed by atoms with E-state index < -0.39 is 22.8 Å². The molecular formula is C19H23ClN6O4. The Bertz CT molecular complexity index is 901. The molecule has 1 atom stereocenters. The number of carbonyl (C=O) groups is 2. The van der Waals surface area contributed by atoms with E-state index in [1.54, 1.807) is 30.3 Å². The first-order valence-electron chi connectivity index (χ1n) is 8.80. The summed E-state index contributed by atoms with van der Waals surface area (Å²) < 4.78 is 0. The summed E-state index contributed by atoms with van der Waals surface area (Å²) in [5.74, 6) is -1.27. The Hall–Kier alpha value is -3.50. The molecular weight excluding hydrogens is 412 g/mol. The molecule has 0 aromatic heterocycles. The van der Waals surface area contributed by atoms with E-state index in [1.165, 1.54) is 24.3 Å². The molecule has 2 aromatic rings. The average Bonchev–Trinajstić information content (AvgIpc) is 2.72. The number of halogens is 1. The molecule has 0 radical (unpaired) electrons. The number of nitro groups is 1. The lowest BCUT2D eigenvalue weighted by atomic mass is 10.1. The molecule has 2 amide bonds. The predicted molar refractivity (Wildman–Crippen MR) is 116 cm³/mol. The third kappa shape index (κ3) is 6.54. The second-order valence-corrected chi connectivity index (χ2v) is 6.17. The largest absolute Gasteiger partial charge is 0.370 e. The van der Waals surface area contributed by atoms with Gasteiger partial charge in [0, 0.05) is 24.2 Å². The monoisotopic (exact) mass is 434 g/mol. The van der Waals surface area contributed by atoms with Gasteiger partial charge in [-0.1, -0.05) is 18.2 Å². The normalized spacial score (nSPS) is 11.0. The fourth-order valence-corrected chi connectivity index (χ4v) is 2.59. The third-order valence-electron chi connectivity index (χ3n) is 4.05. The maximum Gasteiger partial charge on any atom is 0.269 e. The van der Waals surface area contributed by atoms with Crippen molar-refractivity contribution in [2.75, 3.05) is 11.4 Å². The number of carbonyl (C=O) groups excluding carboxylic acids is 2. The molecule has 160 valence electrons. The summed E-state index contributed by atoms with van der Waals surface area (Å²) in [6, 6.07) is 12.3. The molecule has 0 spiro atoms. The van der Waals surface area contributed by atoms with E-state index in [4.69, 9.17) is 17.2 Å². The maximum absolute atomic E-state index is 13.0. The minimum absolute atomic E-state index is 0. The highest BCUT2D eigenvalue weighted by Gasteiger charge is 2.29. The van der Waals surface area contributed by atoms with Gasteiger partial charge in [-0.2, -0.15) is 0 Å². The van der Waals surface area contributed by atoms with Crippen LogP contribution in [-0.4, -0.2) is 35.3 Å². The first-order chi connectivity index (χ1) is 13.8. The van der Waals surface area contributed by atoms with Crippen molar-refractivity contribution < 1.29 is 14.5 Å². The number of guanidine groups is 1. The first kappa shape index (κ1) is 24.5. The van der Waals surface area contributed by atoms with Crippen LogP contribution in [0, 0.1) is 10.1 Å². The zero-order valence-electron chi connectivity index (χ0n) is 16.0. The molecule has 0 fully saturated rings. The van der Waals surface area contributed by atoms with Crippen LogP contribution >= 0.6 is 12.4 Å². The number of aliphatic imine (C=N–C) groups is 1. The molecule has 0 aliphatic rings. The summed E-state index contributed by atoms with van der Waals surface area (Å²) in [5.41, 5.74) is 16.8. The van der Waals surface area contributed by atoms with E-state index in [9.17, 15) is 19.7 Å². The van der Waals surface area contributed by atoms with Gasteiger partial charge >= 0.3 is 0 Å². The van der Waals surface area contributed by atoms with Gasteiger partial charge in [0.1, 0.15) is 0 Å². The van der Waals surface area contributed by atoms with E-state index in [0.717, 1.165) is 4.90 Å². The van der Waals surface area contributed by atoms with E-state index in [-0.39, 0.29) is 41.7 Å². The summed E-state index contributed by atoms with van der Waals surface area (Å²) in [5, 5.41) is 10.9. The number of anilines is 1. The van der Waals surface area contributed by atoms with Gasteiger partial charge in [0.25, 0.3) is 17.5 Å². The van der Waals surface area contributed by atoms with Crippen molar-refractivity contribution in [1.82, 2.24) is 0 Å². The number of hydrogen-bond acceptors (Lipinski definition) is 6. The summed E-state index contributed by atoms with van der Waals surface area (Å²) in [4.78, 5) is 41.0. The molecule has 0 aliphatic carbocycles. The van der Waals surface area contributed by atoms with Crippen LogP contribution in [0.5, 0.6) is 0 Å². The molecule has 10 nitrogen and oxygen atoms in total. The van der Waals surface area contributed by atoms with Gasteiger partial charge in [0.05, 0.1) is 16.7 Å². The van der Waals surface area contributed by atoms with Gasteiger partial charge in [0.15, 0.2) is 5.96 Å². The van der Waals surface area contributed by atoms with Crippen LogP contribution in [0.4, 0.5) is 11.4 Å². The summed E-state index contributed by atoms with van der Waals surface area (Å²) >= 11 is 0. The van der Waals surface area contributed by atoms with Crippen molar-refractivity contribution in [2.24, 2.45) is 22.2 Å². The second kappa shape index (κ2) is 11.5. The number of rotatable bonds is 8. The molecule has 6 N–H and O–H groups in total. The van der Waals surface area contributed by atoms with Crippen LogP contribution in [0.2, 0.25) is 0 Å². The molecule has 0 aliphatic heterocycles. The Kier molecular flexibility index (Phi) is 9.40. The van der Waals surface area contributed by atoms with E-state index >= 15 is 0 Å². The number of nitrogens with two attached hydrogens (primary N) is 3. The van der Waals surface area contributed by atoms with E-state index in [2.05, 4.69) is 4.99 Å². The summed E-state index contributed by atoms with van der Waals surface area (Å²) in [6.07, 6.45) is 0.694. The average molecular weight is 435 g/mol. The highest BCUT2D eigenvalue weighted by atomic mass is 35.5. The Balaban J connectivity index is 0.00000450. The second-order valence-electron chi connectivity index (χ2n) is 6.17. The van der Waals surface area contributed by atoms with Crippen molar-refractivity contribution in [2.45, 2.75) is 18.9 Å². The zero-order valence-corrected chi connectivity index (χ0v) is 16.8. The van der Waals surface area contributed by atoms with E-state index in [0.29, 0.717) is 13.0 Å². The van der Waals surface area contributed by atoms with Gasteiger partial charge in [-0.05, 0) is 37.1 Å². The number of benzene rings is 2. The Morgan fingerprint density at radius 3 is 2.20 bits per heavy atom. The Labute approximate surface area is 179 Å².